The Balaban J connectivity index is 2.69. The van der Waals surface area contributed by atoms with E-state index in [9.17, 15) is 9.59 Å². The van der Waals surface area contributed by atoms with Crippen LogP contribution >= 0.6 is 0 Å². The molecule has 1 rings (SSSR count). The van der Waals surface area contributed by atoms with Crippen molar-refractivity contribution >= 4 is 11.8 Å². The van der Waals surface area contributed by atoms with Gasteiger partial charge in [-0.05, 0) is 12.0 Å². The molecule has 86 valence electrons. The first-order chi connectivity index (χ1) is 7.54. The van der Waals surface area contributed by atoms with Gasteiger partial charge in [0.1, 0.15) is 6.04 Å². The zero-order chi connectivity index (χ0) is 12.1. The van der Waals surface area contributed by atoms with Crippen LogP contribution < -0.4 is 5.73 Å². The number of carboxylic acids is 1. The minimum atomic E-state index is -1.15. The number of benzene rings is 1. The van der Waals surface area contributed by atoms with Gasteiger partial charge in [0, 0.05) is 12.0 Å². The molecule has 1 aromatic carbocycles. The summed E-state index contributed by atoms with van der Waals surface area (Å²) in [5.41, 5.74) is 6.94. The molecule has 16 heavy (non-hydrogen) atoms. The maximum absolute atomic E-state index is 11.6. The van der Waals surface area contributed by atoms with E-state index in [4.69, 9.17) is 10.8 Å². The summed E-state index contributed by atoms with van der Waals surface area (Å²) in [5.74, 6) is -1.39. The first-order valence-corrected chi connectivity index (χ1v) is 5.15. The SMILES string of the molecule is CCc1ccc(C(=O)C[C@@H](N)C(=O)O)cc1. The first kappa shape index (κ1) is 12.4. The lowest BCUT2D eigenvalue weighted by Gasteiger charge is -2.05. The fraction of sp³-hybridized carbons (Fsp3) is 0.333. The Morgan fingerprint density at radius 1 is 1.31 bits per heavy atom. The van der Waals surface area contributed by atoms with Crippen molar-refractivity contribution in [3.8, 4) is 0 Å². The summed E-state index contributed by atoms with van der Waals surface area (Å²) in [5, 5.41) is 8.58. The van der Waals surface area contributed by atoms with Gasteiger partial charge in [-0.15, -0.1) is 0 Å². The minimum absolute atomic E-state index is 0.166. The van der Waals surface area contributed by atoms with E-state index in [-0.39, 0.29) is 12.2 Å². The predicted octanol–water partition coefficient (Wildman–Crippen LogP) is 1.23. The molecule has 0 aliphatic heterocycles. The molecule has 0 bridgehead atoms. The molecule has 0 aliphatic carbocycles. The highest BCUT2D eigenvalue weighted by Gasteiger charge is 2.17. The lowest BCUT2D eigenvalue weighted by molar-refractivity contribution is -0.138. The van der Waals surface area contributed by atoms with Crippen molar-refractivity contribution in [1.82, 2.24) is 0 Å². The molecule has 0 saturated heterocycles. The van der Waals surface area contributed by atoms with Gasteiger partial charge in [-0.25, -0.2) is 0 Å². The molecule has 0 saturated carbocycles. The van der Waals surface area contributed by atoms with Gasteiger partial charge in [0.25, 0.3) is 0 Å². The molecule has 0 heterocycles. The third-order valence-corrected chi connectivity index (χ3v) is 2.41. The number of Topliss-reactive ketones (excluding diaryl/α,β-unsaturated/α-hetero) is 1. The Morgan fingerprint density at radius 3 is 2.31 bits per heavy atom. The number of ketones is 1. The first-order valence-electron chi connectivity index (χ1n) is 5.15. The Kier molecular flexibility index (Phi) is 4.19. The van der Waals surface area contributed by atoms with Crippen molar-refractivity contribution in [2.75, 3.05) is 0 Å². The van der Waals surface area contributed by atoms with Gasteiger partial charge in [-0.3, -0.25) is 9.59 Å². The molecule has 1 atom stereocenters. The van der Waals surface area contributed by atoms with Gasteiger partial charge in [-0.2, -0.15) is 0 Å². The number of carbonyl (C=O) groups is 2. The smallest absolute Gasteiger partial charge is 0.320 e. The quantitative estimate of drug-likeness (QED) is 0.733. The van der Waals surface area contributed by atoms with Gasteiger partial charge in [0.05, 0.1) is 0 Å². The summed E-state index contributed by atoms with van der Waals surface area (Å²) in [6.45, 7) is 2.02. The molecule has 0 aromatic heterocycles. The number of aryl methyl sites for hydroxylation is 1. The summed E-state index contributed by atoms with van der Waals surface area (Å²) < 4.78 is 0. The molecule has 0 radical (unpaired) electrons. The standard InChI is InChI=1S/C12H15NO3/c1-2-8-3-5-9(6-4-8)11(14)7-10(13)12(15)16/h3-6,10H,2,7,13H2,1H3,(H,15,16)/t10-/m1/s1. The van der Waals surface area contributed by atoms with E-state index in [2.05, 4.69) is 0 Å². The van der Waals surface area contributed by atoms with Crippen LogP contribution in [0.25, 0.3) is 0 Å². The molecular weight excluding hydrogens is 206 g/mol. The molecule has 3 N–H and O–H groups in total. The van der Waals surface area contributed by atoms with Crippen molar-refractivity contribution in [3.63, 3.8) is 0 Å². The van der Waals surface area contributed by atoms with E-state index in [0.717, 1.165) is 12.0 Å². The van der Waals surface area contributed by atoms with Crippen LogP contribution in [0.15, 0.2) is 24.3 Å². The van der Waals surface area contributed by atoms with E-state index in [1.165, 1.54) is 0 Å². The van der Waals surface area contributed by atoms with Gasteiger partial charge >= 0.3 is 5.97 Å². The third-order valence-electron chi connectivity index (χ3n) is 2.41. The van der Waals surface area contributed by atoms with Crippen molar-refractivity contribution in [1.29, 1.82) is 0 Å². The van der Waals surface area contributed by atoms with E-state index >= 15 is 0 Å². The van der Waals surface area contributed by atoms with Crippen LogP contribution in [-0.4, -0.2) is 22.9 Å². The number of carbonyl (C=O) groups excluding carboxylic acids is 1. The third kappa shape index (κ3) is 3.17. The maximum Gasteiger partial charge on any atom is 0.320 e. The van der Waals surface area contributed by atoms with E-state index < -0.39 is 12.0 Å². The molecule has 0 aliphatic rings. The zero-order valence-corrected chi connectivity index (χ0v) is 9.14. The van der Waals surface area contributed by atoms with Crippen molar-refractivity contribution in [3.05, 3.63) is 35.4 Å². The highest BCUT2D eigenvalue weighted by atomic mass is 16.4. The second-order valence-corrected chi connectivity index (χ2v) is 3.62. The Bertz CT molecular complexity index is 384. The highest BCUT2D eigenvalue weighted by molar-refractivity contribution is 5.98. The van der Waals surface area contributed by atoms with Crippen LogP contribution in [-0.2, 0) is 11.2 Å². The topological polar surface area (TPSA) is 80.4 Å². The van der Waals surface area contributed by atoms with Crippen LogP contribution in [0, 0.1) is 0 Å². The Labute approximate surface area is 94.1 Å². The predicted molar refractivity (Wildman–Crippen MR) is 60.4 cm³/mol. The summed E-state index contributed by atoms with van der Waals surface area (Å²) >= 11 is 0. The number of nitrogens with two attached hydrogens (primary N) is 1. The zero-order valence-electron chi connectivity index (χ0n) is 9.14. The fourth-order valence-corrected chi connectivity index (χ4v) is 1.33. The Morgan fingerprint density at radius 2 is 1.88 bits per heavy atom. The van der Waals surface area contributed by atoms with Crippen LogP contribution in [0.2, 0.25) is 0 Å². The van der Waals surface area contributed by atoms with Crippen molar-refractivity contribution in [2.45, 2.75) is 25.8 Å². The lowest BCUT2D eigenvalue weighted by atomic mass is 10.0. The summed E-state index contributed by atoms with van der Waals surface area (Å²) in [6, 6.07) is 6.00. The molecular formula is C12H15NO3. The van der Waals surface area contributed by atoms with Gasteiger partial charge in [0.2, 0.25) is 0 Å². The number of aliphatic carboxylic acids is 1. The number of rotatable bonds is 5. The van der Waals surface area contributed by atoms with E-state index in [1.807, 2.05) is 19.1 Å². The lowest BCUT2D eigenvalue weighted by Crippen LogP contribution is -2.32. The molecule has 4 nitrogen and oxygen atoms in total. The molecule has 0 spiro atoms. The second kappa shape index (κ2) is 5.42. The van der Waals surface area contributed by atoms with Gasteiger partial charge in [-0.1, -0.05) is 31.2 Å². The molecule has 0 unspecified atom stereocenters. The van der Waals surface area contributed by atoms with Crippen LogP contribution in [0.4, 0.5) is 0 Å². The minimum Gasteiger partial charge on any atom is -0.480 e. The number of hydrogen-bond acceptors (Lipinski definition) is 3. The molecule has 4 heteroatoms. The summed E-state index contributed by atoms with van der Waals surface area (Å²) in [6.07, 6.45) is 0.740. The normalized spacial score (nSPS) is 12.1. The van der Waals surface area contributed by atoms with Crippen LogP contribution in [0.1, 0.15) is 29.3 Å². The Hall–Kier alpha value is -1.68. The van der Waals surface area contributed by atoms with Crippen molar-refractivity contribution in [2.24, 2.45) is 5.73 Å². The maximum atomic E-state index is 11.6. The van der Waals surface area contributed by atoms with Crippen molar-refractivity contribution < 1.29 is 14.7 Å². The largest absolute Gasteiger partial charge is 0.480 e. The number of hydrogen-bond donors (Lipinski definition) is 2. The highest BCUT2D eigenvalue weighted by Crippen LogP contribution is 2.08. The average molecular weight is 221 g/mol. The van der Waals surface area contributed by atoms with E-state index in [0.29, 0.717) is 5.56 Å². The number of carboxylic acid groups (broad SMARTS) is 1. The fourth-order valence-electron chi connectivity index (χ4n) is 1.33. The van der Waals surface area contributed by atoms with E-state index in [1.54, 1.807) is 12.1 Å². The molecule has 0 fully saturated rings. The summed E-state index contributed by atoms with van der Waals surface area (Å²) in [4.78, 5) is 22.1. The van der Waals surface area contributed by atoms with Crippen LogP contribution in [0.5, 0.6) is 0 Å². The van der Waals surface area contributed by atoms with Gasteiger partial charge < -0.3 is 10.8 Å². The monoisotopic (exact) mass is 221 g/mol. The molecule has 1 aromatic rings. The van der Waals surface area contributed by atoms with Crippen LogP contribution in [0.3, 0.4) is 0 Å². The second-order valence-electron chi connectivity index (χ2n) is 3.62. The molecule has 0 amide bonds. The average Bonchev–Trinajstić information content (AvgIpc) is 2.28. The van der Waals surface area contributed by atoms with Gasteiger partial charge in [0.15, 0.2) is 5.78 Å². The summed E-state index contributed by atoms with van der Waals surface area (Å²) in [7, 11) is 0.